The van der Waals surface area contributed by atoms with E-state index in [1.807, 2.05) is 12.3 Å². The third-order valence-electron chi connectivity index (χ3n) is 2.33. The first kappa shape index (κ1) is 13.6. The largest absolute Gasteiger partial charge is 0.395 e. The van der Waals surface area contributed by atoms with Crippen LogP contribution in [0.4, 0.5) is 0 Å². The SMILES string of the molecule is CC(C)CC(CO)NCc1cncc(Br)c1. The van der Waals surface area contributed by atoms with Gasteiger partial charge in [-0.15, -0.1) is 0 Å². The van der Waals surface area contributed by atoms with E-state index >= 15 is 0 Å². The highest BCUT2D eigenvalue weighted by Gasteiger charge is 2.08. The topological polar surface area (TPSA) is 45.1 Å². The molecule has 0 aromatic carbocycles. The van der Waals surface area contributed by atoms with Crippen molar-refractivity contribution in [1.82, 2.24) is 10.3 Å². The van der Waals surface area contributed by atoms with Crippen molar-refractivity contribution in [1.29, 1.82) is 0 Å². The summed E-state index contributed by atoms with van der Waals surface area (Å²) in [6.07, 6.45) is 4.58. The minimum atomic E-state index is 0.166. The molecule has 0 radical (unpaired) electrons. The molecule has 1 aromatic heterocycles. The number of aliphatic hydroxyl groups excluding tert-OH is 1. The first-order valence-corrected chi connectivity index (χ1v) is 6.34. The van der Waals surface area contributed by atoms with Gasteiger partial charge in [0.2, 0.25) is 0 Å². The molecule has 0 bridgehead atoms. The van der Waals surface area contributed by atoms with Crippen molar-refractivity contribution in [2.24, 2.45) is 5.92 Å². The molecule has 1 heterocycles. The zero-order chi connectivity index (χ0) is 12.0. The fourth-order valence-corrected chi connectivity index (χ4v) is 2.02. The highest BCUT2D eigenvalue weighted by atomic mass is 79.9. The van der Waals surface area contributed by atoms with Gasteiger partial charge in [-0.3, -0.25) is 4.98 Å². The van der Waals surface area contributed by atoms with Crippen molar-refractivity contribution in [3.8, 4) is 0 Å². The van der Waals surface area contributed by atoms with E-state index in [0.29, 0.717) is 5.92 Å². The molecular weight excluding hydrogens is 268 g/mol. The summed E-state index contributed by atoms with van der Waals surface area (Å²) in [7, 11) is 0. The highest BCUT2D eigenvalue weighted by molar-refractivity contribution is 9.10. The van der Waals surface area contributed by atoms with Gasteiger partial charge >= 0.3 is 0 Å². The molecule has 3 nitrogen and oxygen atoms in total. The number of rotatable bonds is 6. The summed E-state index contributed by atoms with van der Waals surface area (Å²) in [5.41, 5.74) is 1.12. The number of pyridine rings is 1. The lowest BCUT2D eigenvalue weighted by Crippen LogP contribution is -2.33. The van der Waals surface area contributed by atoms with Gasteiger partial charge in [0, 0.05) is 29.5 Å². The van der Waals surface area contributed by atoms with Crippen LogP contribution in [0.2, 0.25) is 0 Å². The van der Waals surface area contributed by atoms with Crippen LogP contribution in [0.3, 0.4) is 0 Å². The zero-order valence-corrected chi connectivity index (χ0v) is 11.4. The van der Waals surface area contributed by atoms with Gasteiger partial charge in [0.1, 0.15) is 0 Å². The second-order valence-corrected chi connectivity index (χ2v) is 5.32. The number of halogens is 1. The second kappa shape index (κ2) is 6.99. The van der Waals surface area contributed by atoms with Crippen LogP contribution in [0, 0.1) is 5.92 Å². The molecule has 0 spiro atoms. The number of hydrogen-bond donors (Lipinski definition) is 2. The highest BCUT2D eigenvalue weighted by Crippen LogP contribution is 2.10. The van der Waals surface area contributed by atoms with Crippen molar-refractivity contribution in [2.75, 3.05) is 6.61 Å². The number of aliphatic hydroxyl groups is 1. The Bertz CT molecular complexity index is 318. The Hall–Kier alpha value is -0.450. The van der Waals surface area contributed by atoms with E-state index in [-0.39, 0.29) is 12.6 Å². The smallest absolute Gasteiger partial charge is 0.0584 e. The average Bonchev–Trinajstić information content (AvgIpc) is 2.24. The van der Waals surface area contributed by atoms with E-state index in [1.165, 1.54) is 0 Å². The summed E-state index contributed by atoms with van der Waals surface area (Å²) in [6, 6.07) is 2.20. The third kappa shape index (κ3) is 5.05. The summed E-state index contributed by atoms with van der Waals surface area (Å²) in [6.45, 7) is 5.24. The fraction of sp³-hybridized carbons (Fsp3) is 0.583. The molecule has 0 aliphatic rings. The summed E-state index contributed by atoms with van der Waals surface area (Å²) >= 11 is 3.39. The van der Waals surface area contributed by atoms with Gasteiger partial charge < -0.3 is 10.4 Å². The molecule has 0 saturated heterocycles. The van der Waals surface area contributed by atoms with Crippen LogP contribution in [-0.4, -0.2) is 22.7 Å². The summed E-state index contributed by atoms with van der Waals surface area (Å²) in [5.74, 6) is 0.588. The summed E-state index contributed by atoms with van der Waals surface area (Å²) in [5, 5.41) is 12.6. The molecule has 0 aliphatic heterocycles. The Labute approximate surface area is 105 Å². The minimum Gasteiger partial charge on any atom is -0.395 e. The molecule has 0 amide bonds. The van der Waals surface area contributed by atoms with Gasteiger partial charge in [-0.05, 0) is 39.9 Å². The molecular formula is C12H19BrN2O. The van der Waals surface area contributed by atoms with Crippen LogP contribution in [0.25, 0.3) is 0 Å². The third-order valence-corrected chi connectivity index (χ3v) is 2.77. The Morgan fingerprint density at radius 1 is 1.44 bits per heavy atom. The summed E-state index contributed by atoms with van der Waals surface area (Å²) < 4.78 is 0.983. The van der Waals surface area contributed by atoms with E-state index in [9.17, 15) is 5.11 Å². The molecule has 2 N–H and O–H groups in total. The lowest BCUT2D eigenvalue weighted by Gasteiger charge is -2.18. The van der Waals surface area contributed by atoms with E-state index in [4.69, 9.17) is 0 Å². The fourth-order valence-electron chi connectivity index (χ4n) is 1.61. The number of nitrogens with one attached hydrogen (secondary N) is 1. The van der Waals surface area contributed by atoms with Gasteiger partial charge in [-0.25, -0.2) is 0 Å². The summed E-state index contributed by atoms with van der Waals surface area (Å²) in [4.78, 5) is 4.10. The molecule has 4 heteroatoms. The monoisotopic (exact) mass is 286 g/mol. The zero-order valence-electron chi connectivity index (χ0n) is 9.78. The van der Waals surface area contributed by atoms with Crippen molar-refractivity contribution >= 4 is 15.9 Å². The Balaban J connectivity index is 2.43. The molecule has 90 valence electrons. The quantitative estimate of drug-likeness (QED) is 0.844. The maximum Gasteiger partial charge on any atom is 0.0584 e. The van der Waals surface area contributed by atoms with Crippen LogP contribution in [0.5, 0.6) is 0 Å². The maximum absolute atomic E-state index is 9.22. The molecule has 0 aliphatic carbocycles. The van der Waals surface area contributed by atoms with Crippen LogP contribution < -0.4 is 5.32 Å². The van der Waals surface area contributed by atoms with E-state index in [1.54, 1.807) is 6.20 Å². The Morgan fingerprint density at radius 3 is 2.75 bits per heavy atom. The number of nitrogens with zero attached hydrogens (tertiary/aromatic N) is 1. The van der Waals surface area contributed by atoms with Crippen LogP contribution >= 0.6 is 15.9 Å². The molecule has 1 rings (SSSR count). The number of aromatic nitrogens is 1. The first-order valence-electron chi connectivity index (χ1n) is 5.55. The van der Waals surface area contributed by atoms with Gasteiger partial charge in [0.25, 0.3) is 0 Å². The Kier molecular flexibility index (Phi) is 5.95. The van der Waals surface area contributed by atoms with Gasteiger partial charge in [0.15, 0.2) is 0 Å². The van der Waals surface area contributed by atoms with Crippen molar-refractivity contribution in [2.45, 2.75) is 32.9 Å². The normalized spacial score (nSPS) is 13.1. The minimum absolute atomic E-state index is 0.166. The van der Waals surface area contributed by atoms with Gasteiger partial charge in [-0.2, -0.15) is 0 Å². The predicted octanol–water partition coefficient (Wildman–Crippen LogP) is 2.34. The van der Waals surface area contributed by atoms with Gasteiger partial charge in [-0.1, -0.05) is 13.8 Å². The van der Waals surface area contributed by atoms with Crippen molar-refractivity contribution < 1.29 is 5.11 Å². The maximum atomic E-state index is 9.22. The standard InChI is InChI=1S/C12H19BrN2O/c1-9(2)3-12(8-16)15-6-10-4-11(13)7-14-5-10/h4-5,7,9,12,15-16H,3,6,8H2,1-2H3. The van der Waals surface area contributed by atoms with Crippen LogP contribution in [0.15, 0.2) is 22.9 Å². The van der Waals surface area contributed by atoms with Crippen LogP contribution in [0.1, 0.15) is 25.8 Å². The molecule has 1 unspecified atom stereocenters. The van der Waals surface area contributed by atoms with Crippen molar-refractivity contribution in [3.63, 3.8) is 0 Å². The lowest BCUT2D eigenvalue weighted by atomic mass is 10.0. The van der Waals surface area contributed by atoms with E-state index < -0.39 is 0 Å². The molecule has 1 aromatic rings. The predicted molar refractivity (Wildman–Crippen MR) is 69.1 cm³/mol. The average molecular weight is 287 g/mol. The Morgan fingerprint density at radius 2 is 2.19 bits per heavy atom. The van der Waals surface area contributed by atoms with E-state index in [2.05, 4.69) is 40.1 Å². The molecule has 0 saturated carbocycles. The molecule has 1 atom stereocenters. The first-order chi connectivity index (χ1) is 7.61. The molecule has 16 heavy (non-hydrogen) atoms. The molecule has 0 fully saturated rings. The van der Waals surface area contributed by atoms with E-state index in [0.717, 1.165) is 23.0 Å². The lowest BCUT2D eigenvalue weighted by molar-refractivity contribution is 0.223. The van der Waals surface area contributed by atoms with Gasteiger partial charge in [0.05, 0.1) is 6.61 Å². The second-order valence-electron chi connectivity index (χ2n) is 4.40. The van der Waals surface area contributed by atoms with Crippen LogP contribution in [-0.2, 0) is 6.54 Å². The number of hydrogen-bond acceptors (Lipinski definition) is 3. The van der Waals surface area contributed by atoms with Crippen molar-refractivity contribution in [3.05, 3.63) is 28.5 Å².